The molecule has 4 aromatic rings. The Balaban J connectivity index is 1.36. The standard InChI is InChI=1S/C21H23ClN6O4S2/c1-2-10(8-33-21-25-11-5-3-4-6-13(11)34-21)24-17-14-18(27-20(22)26-17)28(9-23-14)19-16(31)15(30)12(7-29)32-19/h3-6,9-10,12,15-16,19,29-31H,2,7-8H2,1H3,(H,24,26,27)/t10-,12-,15-,16-,19-/m1/s1. The minimum atomic E-state index is -1.26. The number of nitrogens with zero attached hydrogens (tertiary/aromatic N) is 5. The zero-order valence-corrected chi connectivity index (χ0v) is 20.5. The Morgan fingerprint density at radius 3 is 2.79 bits per heavy atom. The number of rotatable bonds is 8. The molecule has 1 aliphatic rings. The zero-order valence-electron chi connectivity index (χ0n) is 18.1. The molecular weight excluding hydrogens is 500 g/mol. The number of hydrogen-bond donors (Lipinski definition) is 4. The highest BCUT2D eigenvalue weighted by atomic mass is 35.5. The predicted molar refractivity (Wildman–Crippen MR) is 131 cm³/mol. The second kappa shape index (κ2) is 9.90. The zero-order chi connectivity index (χ0) is 23.8. The summed E-state index contributed by atoms with van der Waals surface area (Å²) in [7, 11) is 0. The van der Waals surface area contributed by atoms with Crippen molar-refractivity contribution in [2.75, 3.05) is 17.7 Å². The molecule has 1 aliphatic heterocycles. The summed E-state index contributed by atoms with van der Waals surface area (Å²) in [5.74, 6) is 1.23. The molecule has 0 amide bonds. The number of aliphatic hydroxyl groups excluding tert-OH is 3. The number of aromatic nitrogens is 5. The van der Waals surface area contributed by atoms with Crippen LogP contribution < -0.4 is 5.32 Å². The minimum absolute atomic E-state index is 0.0113. The van der Waals surface area contributed by atoms with Crippen molar-refractivity contribution in [2.24, 2.45) is 0 Å². The number of thioether (sulfide) groups is 1. The van der Waals surface area contributed by atoms with Crippen LogP contribution in [0, 0.1) is 0 Å². The highest BCUT2D eigenvalue weighted by Crippen LogP contribution is 2.34. The SMILES string of the molecule is CC[C@H](CSc1nc2ccccc2s1)Nc1nc(Cl)nc2c1ncn2[C@@H]1O[C@H](CO)[C@@H](O)[C@H]1O. The van der Waals surface area contributed by atoms with Crippen LogP contribution in [0.3, 0.4) is 0 Å². The maximum Gasteiger partial charge on any atom is 0.226 e. The molecule has 5 rings (SSSR count). The first-order valence-corrected chi connectivity index (χ1v) is 12.9. The summed E-state index contributed by atoms with van der Waals surface area (Å²) in [5, 5.41) is 33.3. The van der Waals surface area contributed by atoms with E-state index in [2.05, 4.69) is 38.2 Å². The third kappa shape index (κ3) is 4.47. The van der Waals surface area contributed by atoms with E-state index in [0.29, 0.717) is 17.0 Å². The molecule has 180 valence electrons. The van der Waals surface area contributed by atoms with Crippen molar-refractivity contribution < 1.29 is 20.1 Å². The third-order valence-corrected chi connectivity index (χ3v) is 8.21. The van der Waals surface area contributed by atoms with Gasteiger partial charge in [-0.3, -0.25) is 4.57 Å². The van der Waals surface area contributed by atoms with E-state index in [9.17, 15) is 15.3 Å². The van der Waals surface area contributed by atoms with Crippen LogP contribution in [0.4, 0.5) is 5.82 Å². The van der Waals surface area contributed by atoms with E-state index < -0.39 is 31.1 Å². The summed E-state index contributed by atoms with van der Waals surface area (Å²) in [6, 6.07) is 8.12. The lowest BCUT2D eigenvalue weighted by molar-refractivity contribution is -0.0511. The maximum atomic E-state index is 10.4. The van der Waals surface area contributed by atoms with Gasteiger partial charge in [-0.1, -0.05) is 30.8 Å². The number of thiazole rings is 1. The lowest BCUT2D eigenvalue weighted by Gasteiger charge is -2.18. The molecule has 1 saturated heterocycles. The van der Waals surface area contributed by atoms with Crippen molar-refractivity contribution in [1.29, 1.82) is 0 Å². The molecule has 0 bridgehead atoms. The van der Waals surface area contributed by atoms with E-state index in [1.165, 1.54) is 10.9 Å². The molecule has 4 N–H and O–H groups in total. The van der Waals surface area contributed by atoms with Crippen molar-refractivity contribution in [3.05, 3.63) is 35.9 Å². The molecule has 3 aromatic heterocycles. The van der Waals surface area contributed by atoms with Gasteiger partial charge in [0.1, 0.15) is 18.3 Å². The van der Waals surface area contributed by atoms with Crippen molar-refractivity contribution in [2.45, 2.75) is 48.3 Å². The maximum absolute atomic E-state index is 10.4. The van der Waals surface area contributed by atoms with Crippen LogP contribution in [0.1, 0.15) is 19.6 Å². The minimum Gasteiger partial charge on any atom is -0.394 e. The van der Waals surface area contributed by atoms with Crippen LogP contribution >= 0.6 is 34.7 Å². The smallest absolute Gasteiger partial charge is 0.226 e. The van der Waals surface area contributed by atoms with Gasteiger partial charge in [-0.25, -0.2) is 9.97 Å². The molecule has 0 radical (unpaired) electrons. The molecule has 5 atom stereocenters. The van der Waals surface area contributed by atoms with Gasteiger partial charge < -0.3 is 25.4 Å². The first kappa shape index (κ1) is 23.7. The van der Waals surface area contributed by atoms with Crippen LogP contribution in [0.15, 0.2) is 34.9 Å². The van der Waals surface area contributed by atoms with Gasteiger partial charge in [-0.2, -0.15) is 9.97 Å². The average Bonchev–Trinajstić information content (AvgIpc) is 3.52. The number of hydrogen-bond acceptors (Lipinski definition) is 11. The van der Waals surface area contributed by atoms with Crippen LogP contribution in [-0.2, 0) is 4.74 Å². The first-order valence-electron chi connectivity index (χ1n) is 10.8. The number of imidazole rings is 1. The number of benzene rings is 1. The van der Waals surface area contributed by atoms with Gasteiger partial charge in [0.05, 0.1) is 23.2 Å². The van der Waals surface area contributed by atoms with Gasteiger partial charge in [0.25, 0.3) is 0 Å². The third-order valence-electron chi connectivity index (χ3n) is 5.70. The molecule has 34 heavy (non-hydrogen) atoms. The molecule has 1 aromatic carbocycles. The number of anilines is 1. The van der Waals surface area contributed by atoms with Gasteiger partial charge in [0.2, 0.25) is 5.28 Å². The Kier molecular flexibility index (Phi) is 6.89. The lowest BCUT2D eigenvalue weighted by Crippen LogP contribution is -2.33. The highest BCUT2D eigenvalue weighted by Gasteiger charge is 2.44. The van der Waals surface area contributed by atoms with E-state index >= 15 is 0 Å². The molecule has 0 unspecified atom stereocenters. The number of fused-ring (bicyclic) bond motifs is 2. The highest BCUT2D eigenvalue weighted by molar-refractivity contribution is 8.01. The normalized spacial score (nSPS) is 23.7. The van der Waals surface area contributed by atoms with Crippen LogP contribution in [0.5, 0.6) is 0 Å². The Labute approximate surface area is 208 Å². The number of para-hydroxylation sites is 1. The lowest BCUT2D eigenvalue weighted by atomic mass is 10.1. The largest absolute Gasteiger partial charge is 0.394 e. The Morgan fingerprint density at radius 1 is 1.24 bits per heavy atom. The van der Waals surface area contributed by atoms with E-state index in [-0.39, 0.29) is 11.3 Å². The van der Waals surface area contributed by atoms with Crippen LogP contribution in [-0.4, -0.2) is 76.5 Å². The van der Waals surface area contributed by atoms with Gasteiger partial charge in [0, 0.05) is 11.8 Å². The van der Waals surface area contributed by atoms with Crippen molar-refractivity contribution in [1.82, 2.24) is 24.5 Å². The second-order valence-corrected chi connectivity index (χ2v) is 10.5. The molecule has 1 fully saturated rings. The fraction of sp³-hybridized carbons (Fsp3) is 0.429. The van der Waals surface area contributed by atoms with E-state index in [1.807, 2.05) is 18.2 Å². The first-order chi connectivity index (χ1) is 16.5. The van der Waals surface area contributed by atoms with Gasteiger partial charge in [0.15, 0.2) is 27.5 Å². The number of aliphatic hydroxyl groups is 3. The van der Waals surface area contributed by atoms with Gasteiger partial charge in [-0.15, -0.1) is 11.3 Å². The molecule has 13 heteroatoms. The predicted octanol–water partition coefficient (Wildman–Crippen LogP) is 2.68. The van der Waals surface area contributed by atoms with E-state index in [4.69, 9.17) is 16.3 Å². The van der Waals surface area contributed by atoms with Crippen molar-refractivity contribution in [3.8, 4) is 0 Å². The quantitative estimate of drug-likeness (QED) is 0.202. The second-order valence-electron chi connectivity index (χ2n) is 7.90. The van der Waals surface area contributed by atoms with Crippen LogP contribution in [0.25, 0.3) is 21.4 Å². The molecule has 0 aliphatic carbocycles. The fourth-order valence-corrected chi connectivity index (χ4v) is 6.22. The summed E-state index contributed by atoms with van der Waals surface area (Å²) in [5.41, 5.74) is 1.81. The Hall–Kier alpha value is -2.06. The number of ether oxygens (including phenoxy) is 1. The van der Waals surface area contributed by atoms with Crippen LogP contribution in [0.2, 0.25) is 5.28 Å². The summed E-state index contributed by atoms with van der Waals surface area (Å²) < 4.78 is 9.28. The van der Waals surface area contributed by atoms with Gasteiger partial charge >= 0.3 is 0 Å². The van der Waals surface area contributed by atoms with E-state index in [0.717, 1.165) is 26.7 Å². The van der Waals surface area contributed by atoms with Crippen molar-refractivity contribution in [3.63, 3.8) is 0 Å². The fourth-order valence-electron chi connectivity index (χ4n) is 3.83. The molecular formula is C21H23ClN6O4S2. The summed E-state index contributed by atoms with van der Waals surface area (Å²) >= 11 is 9.56. The molecule has 0 saturated carbocycles. The Bertz CT molecular complexity index is 1270. The summed E-state index contributed by atoms with van der Waals surface area (Å²) in [4.78, 5) is 17.7. The van der Waals surface area contributed by atoms with E-state index in [1.54, 1.807) is 23.1 Å². The van der Waals surface area contributed by atoms with Crippen molar-refractivity contribution >= 4 is 61.9 Å². The molecule has 10 nitrogen and oxygen atoms in total. The summed E-state index contributed by atoms with van der Waals surface area (Å²) in [6.07, 6.45) is -2.07. The topological polar surface area (TPSA) is 138 Å². The molecule has 4 heterocycles. The number of halogens is 1. The summed E-state index contributed by atoms with van der Waals surface area (Å²) in [6.45, 7) is 1.66. The van der Waals surface area contributed by atoms with Gasteiger partial charge in [-0.05, 0) is 30.2 Å². The average molecular weight is 523 g/mol. The Morgan fingerprint density at radius 2 is 2.06 bits per heavy atom. The molecule has 0 spiro atoms. The number of nitrogens with one attached hydrogen (secondary N) is 1. The monoisotopic (exact) mass is 522 g/mol.